The van der Waals surface area contributed by atoms with Crippen molar-refractivity contribution in [3.05, 3.63) is 12.2 Å². The lowest BCUT2D eigenvalue weighted by Crippen LogP contribution is -2.55. The number of hydrogen-bond acceptors (Lipinski definition) is 5. The third-order valence-electron chi connectivity index (χ3n) is 4.52. The van der Waals surface area contributed by atoms with Gasteiger partial charge in [-0.25, -0.2) is 0 Å². The van der Waals surface area contributed by atoms with Gasteiger partial charge in [-0.1, -0.05) is 51.2 Å². The minimum atomic E-state index is -1.08. The van der Waals surface area contributed by atoms with Crippen molar-refractivity contribution in [2.45, 2.75) is 89.1 Å². The molecule has 24 heavy (non-hydrogen) atoms. The molecule has 0 amide bonds. The smallest absolute Gasteiger partial charge is 0.111 e. The fourth-order valence-corrected chi connectivity index (χ4v) is 2.93. The first-order valence-corrected chi connectivity index (χ1v) is 9.55. The number of allylic oxidation sites excluding steroid dienone is 2. The van der Waals surface area contributed by atoms with Gasteiger partial charge < -0.3 is 24.8 Å². The van der Waals surface area contributed by atoms with Gasteiger partial charge in [-0.05, 0) is 25.7 Å². The van der Waals surface area contributed by atoms with Crippen LogP contribution < -0.4 is 0 Å². The monoisotopic (exact) mass is 344 g/mol. The van der Waals surface area contributed by atoms with Gasteiger partial charge in [0.2, 0.25) is 0 Å². The van der Waals surface area contributed by atoms with Gasteiger partial charge in [0.25, 0.3) is 0 Å². The van der Waals surface area contributed by atoms with Gasteiger partial charge in [0.05, 0.1) is 13.2 Å². The fraction of sp³-hybridized carbons (Fsp3) is 0.895. The summed E-state index contributed by atoms with van der Waals surface area (Å²) in [6, 6.07) is 0. The first-order valence-electron chi connectivity index (χ1n) is 9.55. The van der Waals surface area contributed by atoms with Crippen LogP contribution in [0.15, 0.2) is 12.2 Å². The Kier molecular flexibility index (Phi) is 12.4. The fourth-order valence-electron chi connectivity index (χ4n) is 2.93. The molecule has 1 aliphatic heterocycles. The molecule has 1 heterocycles. The number of aliphatic hydroxyl groups is 3. The molecule has 0 saturated carbocycles. The number of ether oxygens (including phenoxy) is 2. The average molecular weight is 344 g/mol. The maximum Gasteiger partial charge on any atom is 0.111 e. The highest BCUT2D eigenvalue weighted by molar-refractivity contribution is 4.87. The van der Waals surface area contributed by atoms with E-state index in [4.69, 9.17) is 14.6 Å². The molecule has 0 spiro atoms. The van der Waals surface area contributed by atoms with Crippen molar-refractivity contribution in [2.75, 3.05) is 19.8 Å². The van der Waals surface area contributed by atoms with E-state index >= 15 is 0 Å². The van der Waals surface area contributed by atoms with Crippen LogP contribution in [0.5, 0.6) is 0 Å². The maximum absolute atomic E-state index is 9.95. The molecule has 0 bridgehead atoms. The van der Waals surface area contributed by atoms with Crippen LogP contribution in [0.25, 0.3) is 0 Å². The van der Waals surface area contributed by atoms with E-state index in [1.165, 1.54) is 38.5 Å². The molecule has 5 heteroatoms. The van der Waals surface area contributed by atoms with Gasteiger partial charge in [-0.3, -0.25) is 0 Å². The minimum Gasteiger partial charge on any atom is -0.394 e. The van der Waals surface area contributed by atoms with Crippen molar-refractivity contribution < 1.29 is 24.8 Å². The summed E-state index contributed by atoms with van der Waals surface area (Å²) < 4.78 is 10.9. The van der Waals surface area contributed by atoms with Crippen LogP contribution in [0.1, 0.15) is 64.7 Å². The molecule has 1 fully saturated rings. The van der Waals surface area contributed by atoms with Crippen LogP contribution in [-0.4, -0.2) is 59.6 Å². The summed E-state index contributed by atoms with van der Waals surface area (Å²) in [6.45, 7) is 2.66. The molecule has 0 aromatic carbocycles. The zero-order valence-electron chi connectivity index (χ0n) is 15.1. The Hall–Kier alpha value is -0.460. The molecule has 4 atom stereocenters. The van der Waals surface area contributed by atoms with E-state index in [0.29, 0.717) is 6.61 Å². The van der Waals surface area contributed by atoms with Crippen LogP contribution in [0.4, 0.5) is 0 Å². The van der Waals surface area contributed by atoms with Crippen LogP contribution in [0, 0.1) is 0 Å². The lowest BCUT2D eigenvalue weighted by Gasteiger charge is -2.36. The van der Waals surface area contributed by atoms with E-state index in [9.17, 15) is 10.2 Å². The molecule has 0 aliphatic carbocycles. The molecular weight excluding hydrogens is 308 g/mol. The normalized spacial score (nSPS) is 27.8. The molecule has 0 aromatic heterocycles. The molecule has 0 unspecified atom stereocenters. The lowest BCUT2D eigenvalue weighted by atomic mass is 10.0. The molecule has 0 aromatic rings. The van der Waals surface area contributed by atoms with E-state index in [2.05, 4.69) is 19.1 Å². The molecule has 1 aliphatic rings. The number of aliphatic hydroxyl groups excluding tert-OH is 3. The van der Waals surface area contributed by atoms with Crippen LogP contribution >= 0.6 is 0 Å². The van der Waals surface area contributed by atoms with Gasteiger partial charge in [0, 0.05) is 6.61 Å². The van der Waals surface area contributed by atoms with E-state index in [1.54, 1.807) is 0 Å². The summed E-state index contributed by atoms with van der Waals surface area (Å²) in [5.41, 5.74) is 0. The van der Waals surface area contributed by atoms with Crippen LogP contribution in [0.3, 0.4) is 0 Å². The second-order valence-corrected chi connectivity index (χ2v) is 6.59. The second-order valence-electron chi connectivity index (χ2n) is 6.59. The Balaban J connectivity index is 1.93. The number of unbranched alkanes of at least 4 members (excludes halogenated alkanes) is 7. The molecule has 1 saturated heterocycles. The van der Waals surface area contributed by atoms with Crippen molar-refractivity contribution in [1.82, 2.24) is 0 Å². The summed E-state index contributed by atoms with van der Waals surface area (Å²) >= 11 is 0. The van der Waals surface area contributed by atoms with E-state index < -0.39 is 24.4 Å². The Labute approximate surface area is 146 Å². The zero-order valence-corrected chi connectivity index (χ0v) is 15.1. The number of hydrogen-bond donors (Lipinski definition) is 3. The molecule has 0 radical (unpaired) electrons. The van der Waals surface area contributed by atoms with Crippen LogP contribution in [-0.2, 0) is 9.47 Å². The molecule has 3 N–H and O–H groups in total. The second kappa shape index (κ2) is 13.8. The SMILES string of the molecule is CC/C=C/CCCCCCCCCO[C@H]1CO[C@H](CO)[C@@H](O)[C@@H]1O. The van der Waals surface area contributed by atoms with Gasteiger partial charge >= 0.3 is 0 Å². The minimum absolute atomic E-state index is 0.218. The van der Waals surface area contributed by atoms with Crippen molar-refractivity contribution in [3.63, 3.8) is 0 Å². The van der Waals surface area contributed by atoms with Crippen molar-refractivity contribution >= 4 is 0 Å². The van der Waals surface area contributed by atoms with Crippen molar-refractivity contribution in [1.29, 1.82) is 0 Å². The van der Waals surface area contributed by atoms with Crippen molar-refractivity contribution in [3.8, 4) is 0 Å². The highest BCUT2D eigenvalue weighted by Crippen LogP contribution is 2.18. The molecule has 5 nitrogen and oxygen atoms in total. The maximum atomic E-state index is 9.95. The standard InChI is InChI=1S/C19H36O5/c1-2-3-4-5-6-7-8-9-10-11-12-13-23-17-15-24-16(14-20)18(21)19(17)22/h3-4,16-22H,2,5-15H2,1H3/b4-3+/t16-,17+,18-,19-/m1/s1. The summed E-state index contributed by atoms with van der Waals surface area (Å²) in [6.07, 6.45) is 12.0. The largest absolute Gasteiger partial charge is 0.394 e. The first kappa shape index (κ1) is 21.6. The highest BCUT2D eigenvalue weighted by Gasteiger charge is 2.38. The third kappa shape index (κ3) is 8.58. The van der Waals surface area contributed by atoms with Gasteiger partial charge in [0.15, 0.2) is 0 Å². The first-order chi connectivity index (χ1) is 11.7. The Morgan fingerprint density at radius 3 is 2.29 bits per heavy atom. The Bertz CT molecular complexity index is 321. The average Bonchev–Trinajstić information content (AvgIpc) is 2.59. The molecule has 142 valence electrons. The zero-order chi connectivity index (χ0) is 17.6. The van der Waals surface area contributed by atoms with Gasteiger partial charge in [-0.2, -0.15) is 0 Å². The lowest BCUT2D eigenvalue weighted by molar-refractivity contribution is -0.208. The Morgan fingerprint density at radius 2 is 1.62 bits per heavy atom. The predicted molar refractivity (Wildman–Crippen MR) is 94.9 cm³/mol. The summed E-state index contributed by atoms with van der Waals surface area (Å²) in [4.78, 5) is 0. The van der Waals surface area contributed by atoms with Crippen LogP contribution in [0.2, 0.25) is 0 Å². The van der Waals surface area contributed by atoms with Crippen molar-refractivity contribution in [2.24, 2.45) is 0 Å². The molecular formula is C19H36O5. The topological polar surface area (TPSA) is 79.2 Å². The summed E-state index contributed by atoms with van der Waals surface area (Å²) in [5, 5.41) is 28.7. The number of rotatable bonds is 13. The van der Waals surface area contributed by atoms with Gasteiger partial charge in [-0.15, -0.1) is 0 Å². The summed E-state index contributed by atoms with van der Waals surface area (Å²) in [5.74, 6) is 0. The van der Waals surface area contributed by atoms with Gasteiger partial charge in [0.1, 0.15) is 24.4 Å². The Morgan fingerprint density at radius 1 is 0.958 bits per heavy atom. The third-order valence-corrected chi connectivity index (χ3v) is 4.52. The van der Waals surface area contributed by atoms with E-state index in [1.807, 2.05) is 0 Å². The predicted octanol–water partition coefficient (Wildman–Crippen LogP) is 2.57. The highest BCUT2D eigenvalue weighted by atomic mass is 16.6. The quantitative estimate of drug-likeness (QED) is 0.353. The summed E-state index contributed by atoms with van der Waals surface area (Å²) in [7, 11) is 0. The van der Waals surface area contributed by atoms with E-state index in [0.717, 1.165) is 19.3 Å². The molecule has 1 rings (SSSR count). The van der Waals surface area contributed by atoms with E-state index in [-0.39, 0.29) is 13.2 Å².